The Kier molecular flexibility index (Phi) is 3.09. The van der Waals surface area contributed by atoms with Crippen LogP contribution in [0.1, 0.15) is 27.2 Å². The molecule has 1 unspecified atom stereocenters. The molecule has 0 aromatic carbocycles. The van der Waals surface area contributed by atoms with Gasteiger partial charge in [-0.1, -0.05) is 0 Å². The van der Waals surface area contributed by atoms with E-state index in [9.17, 15) is 13.2 Å². The summed E-state index contributed by atoms with van der Waals surface area (Å²) in [6.07, 6.45) is -0.0753. The molecule has 1 atom stereocenters. The van der Waals surface area contributed by atoms with E-state index in [1.54, 1.807) is 20.8 Å². The van der Waals surface area contributed by atoms with Crippen LogP contribution in [0.2, 0.25) is 0 Å². The molecule has 2 saturated heterocycles. The minimum absolute atomic E-state index is 0.00786. The van der Waals surface area contributed by atoms with Gasteiger partial charge in [0.05, 0.1) is 10.5 Å². The van der Waals surface area contributed by atoms with Gasteiger partial charge in [0, 0.05) is 19.1 Å². The van der Waals surface area contributed by atoms with Gasteiger partial charge < -0.3 is 15.4 Å². The van der Waals surface area contributed by atoms with Crippen molar-refractivity contribution < 1.29 is 17.9 Å². The van der Waals surface area contributed by atoms with Gasteiger partial charge in [-0.15, -0.1) is 0 Å². The number of hydrogen-bond donors (Lipinski definition) is 2. The van der Waals surface area contributed by atoms with Gasteiger partial charge in [-0.25, -0.2) is 13.2 Å². The van der Waals surface area contributed by atoms with Crippen LogP contribution in [0.4, 0.5) is 4.79 Å². The van der Waals surface area contributed by atoms with Crippen LogP contribution in [-0.2, 0) is 14.6 Å². The van der Waals surface area contributed by atoms with Crippen LogP contribution in [0.15, 0.2) is 0 Å². The first-order valence-corrected chi connectivity index (χ1v) is 7.71. The summed E-state index contributed by atoms with van der Waals surface area (Å²) in [6.45, 7) is 6.30. The fourth-order valence-electron chi connectivity index (χ4n) is 2.41. The van der Waals surface area contributed by atoms with Crippen molar-refractivity contribution in [3.05, 3.63) is 0 Å². The first-order valence-electron chi connectivity index (χ1n) is 6.06. The first-order chi connectivity index (χ1) is 8.14. The van der Waals surface area contributed by atoms with Crippen LogP contribution in [0.3, 0.4) is 0 Å². The Labute approximate surface area is 107 Å². The molecule has 2 fully saturated rings. The Morgan fingerprint density at radius 2 is 2.00 bits per heavy atom. The molecule has 1 amide bonds. The maximum Gasteiger partial charge on any atom is 0.407 e. The van der Waals surface area contributed by atoms with Crippen molar-refractivity contribution in [1.82, 2.24) is 10.6 Å². The van der Waals surface area contributed by atoms with E-state index in [1.165, 1.54) is 0 Å². The highest BCUT2D eigenvalue weighted by Gasteiger charge is 2.56. The zero-order chi connectivity index (χ0) is 13.6. The molecular weight excluding hydrogens is 256 g/mol. The van der Waals surface area contributed by atoms with Crippen LogP contribution in [-0.4, -0.2) is 49.7 Å². The Morgan fingerprint density at radius 3 is 2.39 bits per heavy atom. The fraction of sp³-hybridized carbons (Fsp3) is 0.909. The molecule has 104 valence electrons. The lowest BCUT2D eigenvalue weighted by Crippen LogP contribution is -2.62. The van der Waals surface area contributed by atoms with Crippen molar-refractivity contribution in [3.63, 3.8) is 0 Å². The third-order valence-electron chi connectivity index (χ3n) is 3.31. The molecule has 0 aromatic heterocycles. The van der Waals surface area contributed by atoms with Crippen molar-refractivity contribution in [1.29, 1.82) is 0 Å². The van der Waals surface area contributed by atoms with E-state index in [2.05, 4.69) is 10.6 Å². The molecule has 2 N–H and O–H groups in total. The maximum absolute atomic E-state index is 12.0. The molecule has 0 aliphatic carbocycles. The minimum Gasteiger partial charge on any atom is -0.444 e. The van der Waals surface area contributed by atoms with E-state index in [0.717, 1.165) is 0 Å². The molecule has 7 heteroatoms. The molecule has 2 aliphatic heterocycles. The number of alkyl carbamates (subject to hydrolysis) is 1. The quantitative estimate of drug-likeness (QED) is 0.706. The monoisotopic (exact) mass is 276 g/mol. The minimum atomic E-state index is -3.12. The van der Waals surface area contributed by atoms with Gasteiger partial charge in [-0.05, 0) is 27.2 Å². The fourth-order valence-corrected chi connectivity index (χ4v) is 4.60. The number of ether oxygens (including phenoxy) is 1. The van der Waals surface area contributed by atoms with E-state index in [4.69, 9.17) is 4.74 Å². The normalized spacial score (nSPS) is 28.7. The summed E-state index contributed by atoms with van der Waals surface area (Å²) < 4.78 is 28.5. The maximum atomic E-state index is 12.0. The zero-order valence-electron chi connectivity index (χ0n) is 10.9. The number of sulfone groups is 1. The van der Waals surface area contributed by atoms with Gasteiger partial charge >= 0.3 is 6.09 Å². The predicted molar refractivity (Wildman–Crippen MR) is 67.2 cm³/mol. The standard InChI is InChI=1S/C11H20N2O4S/c1-10(2,3)17-9(14)13-8-4-11(6-12-7-11)18(15,16)5-8/h8,12H,4-7H2,1-3H3,(H,13,14). The molecule has 0 radical (unpaired) electrons. The Balaban J connectivity index is 1.96. The highest BCUT2D eigenvalue weighted by molar-refractivity contribution is 7.93. The summed E-state index contributed by atoms with van der Waals surface area (Å²) in [5.74, 6) is 0.00786. The third kappa shape index (κ3) is 2.47. The summed E-state index contributed by atoms with van der Waals surface area (Å²) in [5.41, 5.74) is -0.572. The molecular formula is C11H20N2O4S. The second kappa shape index (κ2) is 4.09. The van der Waals surface area contributed by atoms with E-state index in [1.807, 2.05) is 0 Å². The number of nitrogens with one attached hydrogen (secondary N) is 2. The molecule has 0 saturated carbocycles. The summed E-state index contributed by atoms with van der Waals surface area (Å²) in [6, 6.07) is -0.341. The van der Waals surface area contributed by atoms with Crippen LogP contribution in [0.5, 0.6) is 0 Å². The van der Waals surface area contributed by atoms with Crippen LogP contribution in [0, 0.1) is 0 Å². The molecule has 1 spiro atoms. The van der Waals surface area contributed by atoms with Gasteiger partial charge in [0.25, 0.3) is 0 Å². The smallest absolute Gasteiger partial charge is 0.407 e. The molecule has 2 aliphatic rings. The number of hydrogen-bond acceptors (Lipinski definition) is 5. The topological polar surface area (TPSA) is 84.5 Å². The van der Waals surface area contributed by atoms with Crippen molar-refractivity contribution in [3.8, 4) is 0 Å². The second-order valence-electron chi connectivity index (χ2n) is 6.12. The van der Waals surface area contributed by atoms with Crippen molar-refractivity contribution in [2.24, 2.45) is 0 Å². The van der Waals surface area contributed by atoms with Gasteiger partial charge in [0.2, 0.25) is 0 Å². The average molecular weight is 276 g/mol. The van der Waals surface area contributed by atoms with Crippen LogP contribution in [0.25, 0.3) is 0 Å². The molecule has 6 nitrogen and oxygen atoms in total. The van der Waals surface area contributed by atoms with Gasteiger partial charge in [-0.2, -0.15) is 0 Å². The average Bonchev–Trinajstić information content (AvgIpc) is 2.31. The zero-order valence-corrected chi connectivity index (χ0v) is 11.8. The lowest BCUT2D eigenvalue weighted by atomic mass is 9.95. The third-order valence-corrected chi connectivity index (χ3v) is 5.93. The number of carbonyl (C=O) groups is 1. The molecule has 0 bridgehead atoms. The SMILES string of the molecule is CC(C)(C)OC(=O)NC1CC2(CNC2)S(=O)(=O)C1. The van der Waals surface area contributed by atoms with Gasteiger partial charge in [-0.3, -0.25) is 0 Å². The Bertz CT molecular complexity index is 448. The molecule has 0 aromatic rings. The Hall–Kier alpha value is -0.820. The number of rotatable bonds is 1. The largest absolute Gasteiger partial charge is 0.444 e. The lowest BCUT2D eigenvalue weighted by Gasteiger charge is -2.37. The predicted octanol–water partition coefficient (Wildman–Crippen LogP) is 0.0402. The summed E-state index contributed by atoms with van der Waals surface area (Å²) in [7, 11) is -3.12. The van der Waals surface area contributed by atoms with E-state index in [-0.39, 0.29) is 11.8 Å². The Morgan fingerprint density at radius 1 is 1.39 bits per heavy atom. The molecule has 2 rings (SSSR count). The van der Waals surface area contributed by atoms with Crippen molar-refractivity contribution in [2.75, 3.05) is 18.8 Å². The lowest BCUT2D eigenvalue weighted by molar-refractivity contribution is 0.0506. The summed E-state index contributed by atoms with van der Waals surface area (Å²) >= 11 is 0. The number of carbonyl (C=O) groups excluding carboxylic acids is 1. The first kappa shape index (κ1) is 13.6. The van der Waals surface area contributed by atoms with E-state index < -0.39 is 26.3 Å². The molecule has 18 heavy (non-hydrogen) atoms. The summed E-state index contributed by atoms with van der Waals surface area (Å²) in [5, 5.41) is 5.63. The summed E-state index contributed by atoms with van der Waals surface area (Å²) in [4.78, 5) is 11.6. The van der Waals surface area contributed by atoms with Crippen molar-refractivity contribution in [2.45, 2.75) is 43.6 Å². The highest BCUT2D eigenvalue weighted by Crippen LogP contribution is 2.35. The molecule has 2 heterocycles. The van der Waals surface area contributed by atoms with E-state index >= 15 is 0 Å². The highest BCUT2D eigenvalue weighted by atomic mass is 32.2. The van der Waals surface area contributed by atoms with Gasteiger partial charge in [0.15, 0.2) is 9.84 Å². The van der Waals surface area contributed by atoms with Crippen LogP contribution < -0.4 is 10.6 Å². The van der Waals surface area contributed by atoms with Crippen LogP contribution >= 0.6 is 0 Å². The van der Waals surface area contributed by atoms with E-state index in [0.29, 0.717) is 19.5 Å². The number of amides is 1. The van der Waals surface area contributed by atoms with Gasteiger partial charge in [0.1, 0.15) is 5.60 Å². The van der Waals surface area contributed by atoms with Crippen molar-refractivity contribution >= 4 is 15.9 Å². The second-order valence-corrected chi connectivity index (χ2v) is 8.54.